The Morgan fingerprint density at radius 2 is 2.14 bits per heavy atom. The van der Waals surface area contributed by atoms with Gasteiger partial charge in [0, 0.05) is 6.61 Å². The number of rotatable bonds is 2. The molecule has 2 nitrogen and oxygen atoms in total. The summed E-state index contributed by atoms with van der Waals surface area (Å²) in [4.78, 5) is 0.916. The first-order valence-corrected chi connectivity index (χ1v) is 5.80. The SMILES string of the molecule is Oc1ccccc1SC1CCCCO1. The molecular weight excluding hydrogens is 196 g/mol. The van der Waals surface area contributed by atoms with Gasteiger partial charge in [-0.3, -0.25) is 0 Å². The Morgan fingerprint density at radius 1 is 1.29 bits per heavy atom. The van der Waals surface area contributed by atoms with Crippen LogP contribution in [-0.2, 0) is 4.74 Å². The lowest BCUT2D eigenvalue weighted by molar-refractivity contribution is 0.0727. The van der Waals surface area contributed by atoms with Gasteiger partial charge < -0.3 is 9.84 Å². The summed E-state index contributed by atoms with van der Waals surface area (Å²) in [6.45, 7) is 0.852. The average molecular weight is 210 g/mol. The lowest BCUT2D eigenvalue weighted by Gasteiger charge is -2.22. The second kappa shape index (κ2) is 4.71. The summed E-state index contributed by atoms with van der Waals surface area (Å²) in [6.07, 6.45) is 3.47. The van der Waals surface area contributed by atoms with E-state index in [9.17, 15) is 5.11 Å². The van der Waals surface area contributed by atoms with Crippen molar-refractivity contribution in [2.75, 3.05) is 6.61 Å². The zero-order chi connectivity index (χ0) is 9.80. The van der Waals surface area contributed by atoms with E-state index < -0.39 is 0 Å². The minimum absolute atomic E-state index is 0.219. The number of ether oxygens (including phenoxy) is 1. The first-order chi connectivity index (χ1) is 6.86. The summed E-state index contributed by atoms with van der Waals surface area (Å²) < 4.78 is 5.59. The molecule has 1 aliphatic heterocycles. The van der Waals surface area contributed by atoms with Crippen LogP contribution in [0.25, 0.3) is 0 Å². The van der Waals surface area contributed by atoms with Crippen LogP contribution in [-0.4, -0.2) is 17.1 Å². The summed E-state index contributed by atoms with van der Waals surface area (Å²) in [7, 11) is 0. The minimum atomic E-state index is 0.219. The van der Waals surface area contributed by atoms with Crippen molar-refractivity contribution >= 4 is 11.8 Å². The first-order valence-electron chi connectivity index (χ1n) is 4.92. The van der Waals surface area contributed by atoms with E-state index in [1.165, 1.54) is 6.42 Å². The van der Waals surface area contributed by atoms with Gasteiger partial charge in [0.15, 0.2) is 0 Å². The Morgan fingerprint density at radius 3 is 2.86 bits per heavy atom. The van der Waals surface area contributed by atoms with Gasteiger partial charge in [-0.2, -0.15) is 0 Å². The van der Waals surface area contributed by atoms with Crippen LogP contribution >= 0.6 is 11.8 Å². The molecule has 0 amide bonds. The summed E-state index contributed by atoms with van der Waals surface area (Å²) in [5.41, 5.74) is 0.219. The minimum Gasteiger partial charge on any atom is -0.507 e. The number of phenols is 1. The molecular formula is C11H14O2S. The van der Waals surface area contributed by atoms with Gasteiger partial charge in [0.1, 0.15) is 11.2 Å². The van der Waals surface area contributed by atoms with Crippen LogP contribution in [0, 0.1) is 0 Å². The van der Waals surface area contributed by atoms with Crippen molar-refractivity contribution in [3.63, 3.8) is 0 Å². The number of hydrogen-bond acceptors (Lipinski definition) is 3. The Kier molecular flexibility index (Phi) is 3.32. The molecule has 76 valence electrons. The summed E-state index contributed by atoms with van der Waals surface area (Å²) in [5.74, 6) is 0.353. The Labute approximate surface area is 88.3 Å². The van der Waals surface area contributed by atoms with Crippen LogP contribution in [0.3, 0.4) is 0 Å². The molecule has 1 aromatic rings. The second-order valence-electron chi connectivity index (χ2n) is 3.38. The molecule has 1 aromatic carbocycles. The molecule has 0 saturated carbocycles. The number of hydrogen-bond donors (Lipinski definition) is 1. The monoisotopic (exact) mass is 210 g/mol. The molecule has 1 aliphatic rings. The molecule has 0 radical (unpaired) electrons. The maximum Gasteiger partial charge on any atom is 0.129 e. The molecule has 1 atom stereocenters. The Balaban J connectivity index is 1.99. The smallest absolute Gasteiger partial charge is 0.129 e. The lowest BCUT2D eigenvalue weighted by Crippen LogP contribution is -2.14. The normalized spacial score (nSPS) is 22.1. The van der Waals surface area contributed by atoms with Gasteiger partial charge in [-0.25, -0.2) is 0 Å². The van der Waals surface area contributed by atoms with E-state index in [-0.39, 0.29) is 5.44 Å². The largest absolute Gasteiger partial charge is 0.507 e. The van der Waals surface area contributed by atoms with Gasteiger partial charge >= 0.3 is 0 Å². The van der Waals surface area contributed by atoms with Gasteiger partial charge in [-0.05, 0) is 31.4 Å². The highest BCUT2D eigenvalue weighted by atomic mass is 32.2. The van der Waals surface area contributed by atoms with Crippen LogP contribution < -0.4 is 0 Å². The van der Waals surface area contributed by atoms with Crippen LogP contribution in [0.15, 0.2) is 29.2 Å². The third kappa shape index (κ3) is 2.42. The van der Waals surface area contributed by atoms with Gasteiger partial charge in [-0.1, -0.05) is 23.9 Å². The molecule has 0 aromatic heterocycles. The zero-order valence-corrected chi connectivity index (χ0v) is 8.80. The first kappa shape index (κ1) is 9.87. The molecule has 0 bridgehead atoms. The second-order valence-corrected chi connectivity index (χ2v) is 4.58. The van der Waals surface area contributed by atoms with Crippen LogP contribution in [0.1, 0.15) is 19.3 Å². The quantitative estimate of drug-likeness (QED) is 0.813. The standard InChI is InChI=1S/C11H14O2S/c12-9-5-1-2-6-10(9)14-11-7-3-4-8-13-11/h1-2,5-6,11-12H,3-4,7-8H2. The van der Waals surface area contributed by atoms with E-state index >= 15 is 0 Å². The van der Waals surface area contributed by atoms with Gasteiger partial charge in [0.2, 0.25) is 0 Å². The molecule has 3 heteroatoms. The van der Waals surface area contributed by atoms with Crippen molar-refractivity contribution in [1.29, 1.82) is 0 Å². The summed E-state index contributed by atoms with van der Waals surface area (Å²) >= 11 is 1.62. The number of phenolic OH excluding ortho intramolecular Hbond substituents is 1. The highest BCUT2D eigenvalue weighted by Gasteiger charge is 2.16. The highest BCUT2D eigenvalue weighted by Crippen LogP contribution is 2.34. The van der Waals surface area contributed by atoms with E-state index in [0.717, 1.165) is 24.3 Å². The van der Waals surface area contributed by atoms with E-state index in [0.29, 0.717) is 5.75 Å². The van der Waals surface area contributed by atoms with Crippen molar-refractivity contribution in [2.24, 2.45) is 0 Å². The summed E-state index contributed by atoms with van der Waals surface area (Å²) in [6, 6.07) is 7.41. The lowest BCUT2D eigenvalue weighted by atomic mass is 10.2. The van der Waals surface area contributed by atoms with Crippen LogP contribution in [0.4, 0.5) is 0 Å². The fourth-order valence-electron chi connectivity index (χ4n) is 1.50. The molecule has 0 aliphatic carbocycles. The van der Waals surface area contributed by atoms with Crippen molar-refractivity contribution in [3.05, 3.63) is 24.3 Å². The number of aromatic hydroxyl groups is 1. The zero-order valence-electron chi connectivity index (χ0n) is 7.98. The van der Waals surface area contributed by atoms with E-state index in [2.05, 4.69) is 0 Å². The Bertz CT molecular complexity index is 295. The molecule has 1 unspecified atom stereocenters. The molecule has 1 fully saturated rings. The fourth-order valence-corrected chi connectivity index (χ4v) is 2.58. The summed E-state index contributed by atoms with van der Waals surface area (Å²) in [5, 5.41) is 9.56. The topological polar surface area (TPSA) is 29.5 Å². The van der Waals surface area contributed by atoms with Gasteiger partial charge in [0.05, 0.1) is 4.90 Å². The van der Waals surface area contributed by atoms with Crippen molar-refractivity contribution in [3.8, 4) is 5.75 Å². The number of benzene rings is 1. The molecule has 1 saturated heterocycles. The number of thioether (sulfide) groups is 1. The molecule has 0 spiro atoms. The average Bonchev–Trinajstić information content (AvgIpc) is 2.23. The van der Waals surface area contributed by atoms with Crippen molar-refractivity contribution in [2.45, 2.75) is 29.6 Å². The van der Waals surface area contributed by atoms with Gasteiger partial charge in [-0.15, -0.1) is 0 Å². The van der Waals surface area contributed by atoms with Gasteiger partial charge in [0.25, 0.3) is 0 Å². The predicted molar refractivity (Wildman–Crippen MR) is 57.6 cm³/mol. The van der Waals surface area contributed by atoms with Crippen LogP contribution in [0.5, 0.6) is 5.75 Å². The maximum absolute atomic E-state index is 9.56. The third-order valence-electron chi connectivity index (χ3n) is 2.26. The number of para-hydroxylation sites is 1. The highest BCUT2D eigenvalue weighted by molar-refractivity contribution is 7.99. The molecule has 2 rings (SSSR count). The maximum atomic E-state index is 9.56. The molecule has 1 heterocycles. The molecule has 14 heavy (non-hydrogen) atoms. The van der Waals surface area contributed by atoms with Crippen molar-refractivity contribution < 1.29 is 9.84 Å². The predicted octanol–water partition coefficient (Wildman–Crippen LogP) is 3.01. The fraction of sp³-hybridized carbons (Fsp3) is 0.455. The van der Waals surface area contributed by atoms with Crippen LogP contribution in [0.2, 0.25) is 0 Å². The third-order valence-corrected chi connectivity index (χ3v) is 3.50. The van der Waals surface area contributed by atoms with E-state index in [4.69, 9.17) is 4.74 Å². The van der Waals surface area contributed by atoms with E-state index in [1.807, 2.05) is 18.2 Å². The molecule has 1 N–H and O–H groups in total. The van der Waals surface area contributed by atoms with Crippen molar-refractivity contribution in [1.82, 2.24) is 0 Å². The van der Waals surface area contributed by atoms with E-state index in [1.54, 1.807) is 17.8 Å². The Hall–Kier alpha value is -0.670.